The Morgan fingerprint density at radius 2 is 1.34 bits per heavy atom. The molecule has 2 heterocycles. The summed E-state index contributed by atoms with van der Waals surface area (Å²) in [6, 6.07) is 19.2. The van der Waals surface area contributed by atoms with E-state index in [4.69, 9.17) is 0 Å². The van der Waals surface area contributed by atoms with Crippen molar-refractivity contribution in [2.24, 2.45) is 5.92 Å². The Bertz CT molecular complexity index is 1270. The van der Waals surface area contributed by atoms with Gasteiger partial charge in [0.15, 0.2) is 0 Å². The van der Waals surface area contributed by atoms with Crippen molar-refractivity contribution in [3.63, 3.8) is 0 Å². The van der Waals surface area contributed by atoms with Crippen molar-refractivity contribution in [2.75, 3.05) is 31.5 Å². The van der Waals surface area contributed by atoms with Crippen molar-refractivity contribution in [1.82, 2.24) is 9.80 Å². The third-order valence-corrected chi connectivity index (χ3v) is 7.39. The zero-order valence-corrected chi connectivity index (χ0v) is 20.1. The summed E-state index contributed by atoms with van der Waals surface area (Å²) in [7, 11) is 0. The van der Waals surface area contributed by atoms with Crippen LogP contribution >= 0.6 is 0 Å². The first kappa shape index (κ1) is 23.1. The van der Waals surface area contributed by atoms with Crippen molar-refractivity contribution < 1.29 is 14.4 Å². The lowest BCUT2D eigenvalue weighted by Gasteiger charge is -2.32. The van der Waals surface area contributed by atoms with Crippen LogP contribution in [0.25, 0.3) is 10.8 Å². The average Bonchev–Trinajstić information content (AvgIpc) is 3.44. The molecule has 0 atom stereocenters. The highest BCUT2D eigenvalue weighted by Crippen LogP contribution is 2.26. The van der Waals surface area contributed by atoms with E-state index in [1.165, 1.54) is 0 Å². The molecule has 5 rings (SSSR count). The minimum absolute atomic E-state index is 0.0182. The number of fused-ring (bicyclic) bond motifs is 1. The number of anilines is 1. The summed E-state index contributed by atoms with van der Waals surface area (Å²) in [6.45, 7) is 4.58. The lowest BCUT2D eigenvalue weighted by Crippen LogP contribution is -2.41. The minimum atomic E-state index is -0.163. The van der Waals surface area contributed by atoms with Gasteiger partial charge in [0.05, 0.1) is 0 Å². The van der Waals surface area contributed by atoms with E-state index in [0.29, 0.717) is 42.7 Å². The monoisotopic (exact) mass is 469 g/mol. The van der Waals surface area contributed by atoms with Gasteiger partial charge in [-0.25, -0.2) is 0 Å². The predicted octanol–water partition coefficient (Wildman–Crippen LogP) is 4.88. The maximum atomic E-state index is 13.2. The fourth-order valence-electron chi connectivity index (χ4n) is 5.26. The molecule has 35 heavy (non-hydrogen) atoms. The van der Waals surface area contributed by atoms with E-state index in [0.717, 1.165) is 42.3 Å². The third-order valence-electron chi connectivity index (χ3n) is 7.39. The van der Waals surface area contributed by atoms with Crippen LogP contribution in [0.4, 0.5) is 5.69 Å². The van der Waals surface area contributed by atoms with Crippen molar-refractivity contribution in [3.8, 4) is 0 Å². The smallest absolute Gasteiger partial charge is 0.254 e. The second kappa shape index (κ2) is 9.90. The number of nitrogens with one attached hydrogen (secondary N) is 1. The van der Waals surface area contributed by atoms with Crippen LogP contribution in [-0.2, 0) is 4.79 Å². The SMILES string of the molecule is Cc1c(NC(=O)C2CCN(C(=O)c3cccc4ccccc34)CC2)cccc1C(=O)N1CCCC1. The number of hydrogen-bond acceptors (Lipinski definition) is 3. The first-order valence-corrected chi connectivity index (χ1v) is 12.5. The van der Waals surface area contributed by atoms with Crippen molar-refractivity contribution in [1.29, 1.82) is 0 Å². The van der Waals surface area contributed by atoms with Gasteiger partial charge in [0.1, 0.15) is 0 Å². The van der Waals surface area contributed by atoms with Gasteiger partial charge in [-0.15, -0.1) is 0 Å². The molecule has 0 aliphatic carbocycles. The number of rotatable bonds is 4. The minimum Gasteiger partial charge on any atom is -0.339 e. The predicted molar refractivity (Wildman–Crippen MR) is 138 cm³/mol. The molecule has 3 amide bonds. The molecule has 0 radical (unpaired) electrons. The van der Waals surface area contributed by atoms with E-state index in [1.54, 1.807) is 0 Å². The Hall–Kier alpha value is -3.67. The van der Waals surface area contributed by atoms with Gasteiger partial charge in [0.25, 0.3) is 11.8 Å². The molecule has 0 spiro atoms. The van der Waals surface area contributed by atoms with Gasteiger partial charge in [0.2, 0.25) is 5.91 Å². The van der Waals surface area contributed by atoms with E-state index in [-0.39, 0.29) is 23.6 Å². The van der Waals surface area contributed by atoms with Crippen molar-refractivity contribution >= 4 is 34.2 Å². The molecule has 3 aromatic rings. The molecule has 6 heteroatoms. The summed E-state index contributed by atoms with van der Waals surface area (Å²) in [4.78, 5) is 42.9. The molecule has 2 fully saturated rings. The zero-order valence-electron chi connectivity index (χ0n) is 20.1. The second-order valence-electron chi connectivity index (χ2n) is 9.56. The molecule has 0 bridgehead atoms. The van der Waals surface area contributed by atoms with Gasteiger partial charge in [-0.1, -0.05) is 42.5 Å². The lowest BCUT2D eigenvalue weighted by atomic mass is 9.94. The summed E-state index contributed by atoms with van der Waals surface area (Å²) < 4.78 is 0. The van der Waals surface area contributed by atoms with E-state index < -0.39 is 0 Å². The Kier molecular flexibility index (Phi) is 6.53. The fraction of sp³-hybridized carbons (Fsp3) is 0.345. The number of hydrogen-bond donors (Lipinski definition) is 1. The van der Waals surface area contributed by atoms with Gasteiger partial charge < -0.3 is 15.1 Å². The fourth-order valence-corrected chi connectivity index (χ4v) is 5.26. The molecule has 180 valence electrons. The topological polar surface area (TPSA) is 69.7 Å². The number of nitrogens with zero attached hydrogens (tertiary/aromatic N) is 2. The number of carbonyl (C=O) groups is 3. The molecule has 2 saturated heterocycles. The maximum absolute atomic E-state index is 13.2. The Morgan fingerprint density at radius 3 is 2.11 bits per heavy atom. The van der Waals surface area contributed by atoms with Crippen molar-refractivity contribution in [3.05, 3.63) is 77.4 Å². The summed E-state index contributed by atoms with van der Waals surface area (Å²) in [5, 5.41) is 5.06. The van der Waals surface area contributed by atoms with Crippen LogP contribution in [0.1, 0.15) is 52.0 Å². The van der Waals surface area contributed by atoms with Crippen LogP contribution < -0.4 is 5.32 Å². The summed E-state index contributed by atoms with van der Waals surface area (Å²) in [6.07, 6.45) is 3.33. The summed E-state index contributed by atoms with van der Waals surface area (Å²) in [5.74, 6) is -0.152. The molecule has 1 N–H and O–H groups in total. The third kappa shape index (κ3) is 4.65. The first-order chi connectivity index (χ1) is 17.0. The highest BCUT2D eigenvalue weighted by molar-refractivity contribution is 6.07. The second-order valence-corrected chi connectivity index (χ2v) is 9.56. The van der Waals surface area contributed by atoms with E-state index in [1.807, 2.05) is 77.4 Å². The first-order valence-electron chi connectivity index (χ1n) is 12.5. The average molecular weight is 470 g/mol. The molecular weight excluding hydrogens is 438 g/mol. The summed E-state index contributed by atoms with van der Waals surface area (Å²) >= 11 is 0. The molecular formula is C29H31N3O3. The maximum Gasteiger partial charge on any atom is 0.254 e. The van der Waals surface area contributed by atoms with Crippen LogP contribution in [0.2, 0.25) is 0 Å². The standard InChI is InChI=1S/C29H31N3O3/c1-20-23(28(34)31-16-4-5-17-31)11-7-13-26(20)30-27(33)22-14-18-32(19-15-22)29(35)25-12-6-9-21-8-2-3-10-24(21)25/h2-3,6-13,22H,4-5,14-19H2,1H3,(H,30,33). The highest BCUT2D eigenvalue weighted by Gasteiger charge is 2.29. The van der Waals surface area contributed by atoms with Gasteiger partial charge in [-0.3, -0.25) is 14.4 Å². The molecule has 2 aliphatic rings. The Balaban J connectivity index is 1.22. The Labute approximate surface area is 205 Å². The number of carbonyl (C=O) groups excluding carboxylic acids is 3. The highest BCUT2D eigenvalue weighted by atomic mass is 16.2. The van der Waals surface area contributed by atoms with Crippen LogP contribution in [0.5, 0.6) is 0 Å². The molecule has 3 aromatic carbocycles. The largest absolute Gasteiger partial charge is 0.339 e. The van der Waals surface area contributed by atoms with E-state index in [2.05, 4.69) is 5.32 Å². The van der Waals surface area contributed by atoms with E-state index in [9.17, 15) is 14.4 Å². The summed E-state index contributed by atoms with van der Waals surface area (Å²) in [5.41, 5.74) is 2.86. The van der Waals surface area contributed by atoms with Crippen LogP contribution in [0.15, 0.2) is 60.7 Å². The van der Waals surface area contributed by atoms with Gasteiger partial charge in [-0.2, -0.15) is 0 Å². The van der Waals surface area contributed by atoms with Gasteiger partial charge in [-0.05, 0) is 67.1 Å². The van der Waals surface area contributed by atoms with Gasteiger partial charge in [0, 0.05) is 48.9 Å². The molecule has 0 unspecified atom stereocenters. The Morgan fingerprint density at radius 1 is 0.743 bits per heavy atom. The number of piperidine rings is 1. The van der Waals surface area contributed by atoms with Crippen LogP contribution in [0.3, 0.4) is 0 Å². The quantitative estimate of drug-likeness (QED) is 0.592. The van der Waals surface area contributed by atoms with Crippen LogP contribution in [0, 0.1) is 12.8 Å². The van der Waals surface area contributed by atoms with Crippen molar-refractivity contribution in [2.45, 2.75) is 32.6 Å². The van der Waals surface area contributed by atoms with Crippen LogP contribution in [-0.4, -0.2) is 53.7 Å². The lowest BCUT2D eigenvalue weighted by molar-refractivity contribution is -0.121. The normalized spacial score (nSPS) is 16.5. The molecule has 0 saturated carbocycles. The van der Waals surface area contributed by atoms with Gasteiger partial charge >= 0.3 is 0 Å². The molecule has 0 aromatic heterocycles. The van der Waals surface area contributed by atoms with E-state index >= 15 is 0 Å². The number of amides is 3. The number of likely N-dealkylation sites (tertiary alicyclic amines) is 2. The molecule has 2 aliphatic heterocycles. The molecule has 6 nitrogen and oxygen atoms in total. The number of benzene rings is 3. The zero-order chi connectivity index (χ0) is 24.4.